The summed E-state index contributed by atoms with van der Waals surface area (Å²) >= 11 is 0. The van der Waals surface area contributed by atoms with E-state index in [4.69, 9.17) is 13.9 Å². The highest BCUT2D eigenvalue weighted by atomic mass is 16.6. The van der Waals surface area contributed by atoms with Gasteiger partial charge >= 0.3 is 6.08 Å². The Balaban J connectivity index is 2.06. The third kappa shape index (κ3) is 3.72. The number of hydrogen-bond donors (Lipinski definition) is 1. The van der Waals surface area contributed by atoms with Crippen LogP contribution < -0.4 is 14.8 Å². The van der Waals surface area contributed by atoms with E-state index in [0.717, 1.165) is 12.2 Å². The fraction of sp³-hybridized carbons (Fsp3) is 0.357. The lowest BCUT2D eigenvalue weighted by atomic mass is 10.3. The van der Waals surface area contributed by atoms with Gasteiger partial charge in [-0.3, -0.25) is 0 Å². The molecule has 1 N–H and O–H groups in total. The van der Waals surface area contributed by atoms with Crippen molar-refractivity contribution in [1.82, 2.24) is 10.3 Å². The second kappa shape index (κ2) is 6.80. The molecule has 0 bridgehead atoms. The summed E-state index contributed by atoms with van der Waals surface area (Å²) in [6, 6.07) is 7.44. The van der Waals surface area contributed by atoms with Gasteiger partial charge in [-0.1, -0.05) is 19.1 Å². The molecule has 0 amide bonds. The molecule has 0 unspecified atom stereocenters. The molecule has 0 spiro atoms. The first-order chi connectivity index (χ1) is 9.33. The van der Waals surface area contributed by atoms with Crippen LogP contribution in [0.2, 0.25) is 0 Å². The van der Waals surface area contributed by atoms with Crippen molar-refractivity contribution < 1.29 is 13.9 Å². The predicted octanol–water partition coefficient (Wildman–Crippen LogP) is 2.98. The van der Waals surface area contributed by atoms with E-state index in [2.05, 4.69) is 10.3 Å². The first-order valence-electron chi connectivity index (χ1n) is 6.38. The molecule has 1 aromatic heterocycles. The fourth-order valence-corrected chi connectivity index (χ4v) is 1.57. The summed E-state index contributed by atoms with van der Waals surface area (Å²) in [5, 5.41) is 3.17. The van der Waals surface area contributed by atoms with Crippen molar-refractivity contribution in [2.45, 2.75) is 20.4 Å². The number of hydrogen-bond acceptors (Lipinski definition) is 5. The Kier molecular flexibility index (Phi) is 4.80. The normalized spacial score (nSPS) is 10.4. The van der Waals surface area contributed by atoms with Gasteiger partial charge in [0.25, 0.3) is 0 Å². The number of rotatable bonds is 7. The van der Waals surface area contributed by atoms with Gasteiger partial charge in [-0.25, -0.2) is 0 Å². The van der Waals surface area contributed by atoms with Crippen LogP contribution >= 0.6 is 0 Å². The zero-order valence-corrected chi connectivity index (χ0v) is 11.2. The van der Waals surface area contributed by atoms with Gasteiger partial charge in [-0.05, 0) is 25.6 Å². The molecule has 1 aromatic carbocycles. The maximum atomic E-state index is 5.59. The summed E-state index contributed by atoms with van der Waals surface area (Å²) in [6.45, 7) is 6.09. The zero-order chi connectivity index (χ0) is 13.5. The molecule has 0 aliphatic rings. The second-order valence-electron chi connectivity index (χ2n) is 3.87. The van der Waals surface area contributed by atoms with Crippen LogP contribution in [0.15, 0.2) is 34.9 Å². The van der Waals surface area contributed by atoms with Crippen LogP contribution in [-0.2, 0) is 6.54 Å². The lowest BCUT2D eigenvalue weighted by Crippen LogP contribution is -2.11. The third-order valence-electron chi connectivity index (χ3n) is 2.43. The average Bonchev–Trinajstić information content (AvgIpc) is 2.87. The Morgan fingerprint density at radius 2 is 2.00 bits per heavy atom. The minimum Gasteiger partial charge on any atom is -0.490 e. The van der Waals surface area contributed by atoms with Crippen molar-refractivity contribution in [1.29, 1.82) is 0 Å². The fourth-order valence-electron chi connectivity index (χ4n) is 1.57. The lowest BCUT2D eigenvalue weighted by molar-refractivity contribution is 0.291. The van der Waals surface area contributed by atoms with E-state index < -0.39 is 0 Å². The molecule has 0 aliphatic heterocycles. The summed E-state index contributed by atoms with van der Waals surface area (Å²) in [7, 11) is 0. The van der Waals surface area contributed by atoms with Crippen molar-refractivity contribution in [3.63, 3.8) is 0 Å². The molecular formula is C14H18N2O3. The first kappa shape index (κ1) is 13.4. The number of benzene rings is 1. The monoisotopic (exact) mass is 262 g/mol. The van der Waals surface area contributed by atoms with E-state index in [9.17, 15) is 0 Å². The molecule has 0 fully saturated rings. The van der Waals surface area contributed by atoms with Crippen molar-refractivity contribution in [3.8, 4) is 17.6 Å². The van der Waals surface area contributed by atoms with Gasteiger partial charge in [0.05, 0.1) is 12.3 Å². The Morgan fingerprint density at radius 1 is 1.21 bits per heavy atom. The summed E-state index contributed by atoms with van der Waals surface area (Å²) in [5.41, 5.74) is 0.811. The summed E-state index contributed by atoms with van der Waals surface area (Å²) in [6.07, 6.45) is 1.81. The molecule has 5 heteroatoms. The molecule has 5 nitrogen and oxygen atoms in total. The number of aromatic nitrogens is 1. The van der Waals surface area contributed by atoms with Crippen molar-refractivity contribution in [2.24, 2.45) is 0 Å². The number of oxazole rings is 1. The van der Waals surface area contributed by atoms with Crippen LogP contribution in [0.25, 0.3) is 0 Å². The minimum absolute atomic E-state index is 0.222. The van der Waals surface area contributed by atoms with Crippen LogP contribution in [0, 0.1) is 0 Å². The van der Waals surface area contributed by atoms with Gasteiger partial charge in [0.2, 0.25) is 0 Å². The van der Waals surface area contributed by atoms with E-state index in [0.29, 0.717) is 24.7 Å². The van der Waals surface area contributed by atoms with Crippen LogP contribution in [0.1, 0.15) is 19.5 Å². The predicted molar refractivity (Wildman–Crippen MR) is 71.6 cm³/mol. The van der Waals surface area contributed by atoms with Crippen LogP contribution in [0.3, 0.4) is 0 Å². The Labute approximate surface area is 112 Å². The third-order valence-corrected chi connectivity index (χ3v) is 2.43. The Bertz CT molecular complexity index is 511. The highest BCUT2D eigenvalue weighted by Gasteiger charge is 2.09. The molecule has 19 heavy (non-hydrogen) atoms. The molecule has 2 rings (SSSR count). The van der Waals surface area contributed by atoms with Crippen molar-refractivity contribution in [3.05, 3.63) is 36.2 Å². The number of ether oxygens (including phenoxy) is 2. The van der Waals surface area contributed by atoms with Crippen molar-refractivity contribution >= 4 is 0 Å². The minimum atomic E-state index is 0.222. The van der Waals surface area contributed by atoms with Gasteiger partial charge in [0, 0.05) is 6.54 Å². The zero-order valence-electron chi connectivity index (χ0n) is 11.2. The average molecular weight is 262 g/mol. The molecule has 2 aromatic rings. The summed E-state index contributed by atoms with van der Waals surface area (Å²) in [5.74, 6) is 1.28. The molecule has 0 atom stereocenters. The van der Waals surface area contributed by atoms with Gasteiger partial charge < -0.3 is 19.2 Å². The molecule has 1 heterocycles. The second-order valence-corrected chi connectivity index (χ2v) is 3.87. The smallest absolute Gasteiger partial charge is 0.399 e. The highest BCUT2D eigenvalue weighted by molar-refractivity contribution is 5.40. The van der Waals surface area contributed by atoms with E-state index in [-0.39, 0.29) is 6.08 Å². The molecular weight excluding hydrogens is 244 g/mol. The highest BCUT2D eigenvalue weighted by Crippen LogP contribution is 2.30. The topological polar surface area (TPSA) is 56.5 Å². The Morgan fingerprint density at radius 3 is 2.74 bits per heavy atom. The van der Waals surface area contributed by atoms with Crippen LogP contribution in [0.4, 0.5) is 0 Å². The molecule has 102 valence electrons. The van der Waals surface area contributed by atoms with Crippen LogP contribution in [-0.4, -0.2) is 18.1 Å². The summed E-state index contributed by atoms with van der Waals surface area (Å²) < 4.78 is 16.3. The van der Waals surface area contributed by atoms with Gasteiger partial charge in [0.1, 0.15) is 6.26 Å². The standard InChI is InChI=1S/C14H18N2O3/c1-3-15-9-11-10-18-14(16-11)19-13-8-6-5-7-12(13)17-4-2/h5-8,10,15H,3-4,9H2,1-2H3. The van der Waals surface area contributed by atoms with E-state index in [1.165, 1.54) is 0 Å². The first-order valence-corrected chi connectivity index (χ1v) is 6.38. The summed E-state index contributed by atoms with van der Waals surface area (Å²) in [4.78, 5) is 4.24. The molecule has 0 saturated heterocycles. The van der Waals surface area contributed by atoms with Crippen molar-refractivity contribution in [2.75, 3.05) is 13.2 Å². The van der Waals surface area contributed by atoms with Crippen LogP contribution in [0.5, 0.6) is 17.6 Å². The molecule has 0 radical (unpaired) electrons. The number of para-hydroxylation sites is 2. The SMILES string of the molecule is CCNCc1coc(Oc2ccccc2OCC)n1. The van der Waals surface area contributed by atoms with Gasteiger partial charge in [0.15, 0.2) is 11.5 Å². The van der Waals surface area contributed by atoms with E-state index >= 15 is 0 Å². The molecule has 0 saturated carbocycles. The van der Waals surface area contributed by atoms with Gasteiger partial charge in [-0.2, -0.15) is 4.98 Å². The Hall–Kier alpha value is -2.01. The largest absolute Gasteiger partial charge is 0.490 e. The quantitative estimate of drug-likeness (QED) is 0.831. The molecule has 0 aliphatic carbocycles. The number of nitrogens with one attached hydrogen (secondary N) is 1. The van der Waals surface area contributed by atoms with Gasteiger partial charge in [-0.15, -0.1) is 0 Å². The maximum Gasteiger partial charge on any atom is 0.399 e. The van der Waals surface area contributed by atoms with E-state index in [1.807, 2.05) is 38.1 Å². The lowest BCUT2D eigenvalue weighted by Gasteiger charge is -2.08. The maximum absolute atomic E-state index is 5.59. The number of nitrogens with zero attached hydrogens (tertiary/aromatic N) is 1. The van der Waals surface area contributed by atoms with E-state index in [1.54, 1.807) is 6.26 Å².